The van der Waals surface area contributed by atoms with Crippen LogP contribution in [-0.2, 0) is 6.54 Å². The van der Waals surface area contributed by atoms with Gasteiger partial charge in [0.15, 0.2) is 5.65 Å². The zero-order valence-corrected chi connectivity index (χ0v) is 18.1. The molecule has 0 spiro atoms. The molecule has 1 atom stereocenters. The molecule has 0 bridgehead atoms. The van der Waals surface area contributed by atoms with E-state index in [1.807, 2.05) is 59.1 Å². The first kappa shape index (κ1) is 20.9. The van der Waals surface area contributed by atoms with Crippen LogP contribution >= 0.6 is 0 Å². The molecular weight excluding hydrogens is 420 g/mol. The van der Waals surface area contributed by atoms with Gasteiger partial charge in [0.05, 0.1) is 6.54 Å². The average Bonchev–Trinajstić information content (AvgIpc) is 3.30. The number of hydrogen-bond acceptors (Lipinski definition) is 6. The van der Waals surface area contributed by atoms with Gasteiger partial charge in [0, 0.05) is 31.3 Å². The molecule has 4 heterocycles. The van der Waals surface area contributed by atoms with E-state index in [1.54, 1.807) is 4.90 Å². The van der Waals surface area contributed by atoms with Gasteiger partial charge in [0.25, 0.3) is 11.5 Å². The predicted molar refractivity (Wildman–Crippen MR) is 121 cm³/mol. The van der Waals surface area contributed by atoms with Gasteiger partial charge in [-0.1, -0.05) is 24.3 Å². The van der Waals surface area contributed by atoms with Gasteiger partial charge in [-0.25, -0.2) is 4.68 Å². The number of nitrogens with zero attached hydrogens (tertiary/aromatic N) is 6. The summed E-state index contributed by atoms with van der Waals surface area (Å²) in [7, 11) is 0. The summed E-state index contributed by atoms with van der Waals surface area (Å²) in [6.45, 7) is 1.71. The lowest BCUT2D eigenvalue weighted by Gasteiger charge is -2.31. The van der Waals surface area contributed by atoms with Gasteiger partial charge in [-0.2, -0.15) is 5.10 Å². The zero-order chi connectivity index (χ0) is 22.6. The smallest absolute Gasteiger partial charge is 0.274 e. The molecule has 5 rings (SSSR count). The average molecular weight is 444 g/mol. The lowest BCUT2D eigenvalue weighted by atomic mass is 9.97. The number of rotatable bonds is 6. The van der Waals surface area contributed by atoms with E-state index in [2.05, 4.69) is 15.3 Å². The normalized spacial score (nSPS) is 16.1. The molecule has 9 nitrogen and oxygen atoms in total. The quantitative estimate of drug-likeness (QED) is 0.453. The van der Waals surface area contributed by atoms with Gasteiger partial charge in [-0.3, -0.25) is 14.0 Å². The molecule has 1 unspecified atom stereocenters. The van der Waals surface area contributed by atoms with E-state index in [9.17, 15) is 9.59 Å². The Hall–Kier alpha value is -4.01. The van der Waals surface area contributed by atoms with Crippen LogP contribution in [0.3, 0.4) is 0 Å². The second kappa shape index (κ2) is 9.23. The highest BCUT2D eigenvalue weighted by atomic mass is 16.5. The fraction of sp³-hybridized carbons (Fsp3) is 0.292. The third-order valence-electron chi connectivity index (χ3n) is 5.81. The molecule has 1 aliphatic heterocycles. The molecule has 9 heteroatoms. The number of ether oxygens (including phenoxy) is 1. The summed E-state index contributed by atoms with van der Waals surface area (Å²) in [6, 6.07) is 18.0. The number of piperidine rings is 1. The Morgan fingerprint density at radius 2 is 1.88 bits per heavy atom. The van der Waals surface area contributed by atoms with Gasteiger partial charge in [0.1, 0.15) is 23.9 Å². The summed E-state index contributed by atoms with van der Waals surface area (Å²) in [5.74, 6) is 1.48. The monoisotopic (exact) mass is 444 g/mol. The number of carbonyl (C=O) groups excluding carboxylic acids is 1. The standard InChI is InChI=1S/C24H24N6O3/c31-22-12-11-20(27-30(22)15-16-33-19-8-2-1-3-9-19)24(32)28-13-6-7-18(17-28)23-26-25-21-10-4-5-14-29(21)23/h1-5,8-12,14,18H,6-7,13,15-17H2. The van der Waals surface area contributed by atoms with Crippen molar-refractivity contribution >= 4 is 11.6 Å². The van der Waals surface area contributed by atoms with E-state index in [4.69, 9.17) is 4.74 Å². The van der Waals surface area contributed by atoms with Crippen LogP contribution in [0.1, 0.15) is 35.1 Å². The molecule has 1 aliphatic rings. The maximum absolute atomic E-state index is 13.2. The van der Waals surface area contributed by atoms with Gasteiger partial charge >= 0.3 is 0 Å². The van der Waals surface area contributed by atoms with Crippen LogP contribution in [0.2, 0.25) is 0 Å². The molecule has 0 aliphatic carbocycles. The van der Waals surface area contributed by atoms with E-state index in [-0.39, 0.29) is 36.2 Å². The molecule has 0 radical (unpaired) electrons. The highest BCUT2D eigenvalue weighted by Gasteiger charge is 2.29. The van der Waals surface area contributed by atoms with E-state index in [1.165, 1.54) is 16.8 Å². The Morgan fingerprint density at radius 1 is 1.03 bits per heavy atom. The number of fused-ring (bicyclic) bond motifs is 1. The Labute approximate surface area is 190 Å². The minimum Gasteiger partial charge on any atom is -0.492 e. The number of para-hydroxylation sites is 1. The summed E-state index contributed by atoms with van der Waals surface area (Å²) >= 11 is 0. The molecule has 168 valence electrons. The zero-order valence-electron chi connectivity index (χ0n) is 18.1. The highest BCUT2D eigenvalue weighted by molar-refractivity contribution is 5.92. The molecule has 1 fully saturated rings. The lowest BCUT2D eigenvalue weighted by molar-refractivity contribution is 0.0694. The highest BCUT2D eigenvalue weighted by Crippen LogP contribution is 2.26. The molecular formula is C24H24N6O3. The van der Waals surface area contributed by atoms with Gasteiger partial charge in [0.2, 0.25) is 0 Å². The van der Waals surface area contributed by atoms with Crippen LogP contribution in [-0.4, -0.2) is 54.9 Å². The number of pyridine rings is 1. The fourth-order valence-corrected chi connectivity index (χ4v) is 4.16. The van der Waals surface area contributed by atoms with Crippen LogP contribution in [0.4, 0.5) is 0 Å². The van der Waals surface area contributed by atoms with Crippen molar-refractivity contribution in [2.24, 2.45) is 0 Å². The Kier molecular flexibility index (Phi) is 5.84. The maximum Gasteiger partial charge on any atom is 0.274 e. The van der Waals surface area contributed by atoms with E-state index < -0.39 is 0 Å². The summed E-state index contributed by atoms with van der Waals surface area (Å²) in [6.07, 6.45) is 3.74. The van der Waals surface area contributed by atoms with Crippen molar-refractivity contribution < 1.29 is 9.53 Å². The van der Waals surface area contributed by atoms with Crippen LogP contribution in [0.25, 0.3) is 5.65 Å². The molecule has 0 saturated carbocycles. The molecule has 1 amide bonds. The third-order valence-corrected chi connectivity index (χ3v) is 5.81. The number of hydrogen-bond donors (Lipinski definition) is 0. The van der Waals surface area contributed by atoms with E-state index in [0.717, 1.165) is 30.1 Å². The van der Waals surface area contributed by atoms with Crippen LogP contribution in [0, 0.1) is 0 Å². The number of amides is 1. The Balaban J connectivity index is 1.28. The first-order valence-electron chi connectivity index (χ1n) is 11.0. The minimum atomic E-state index is -0.269. The van der Waals surface area contributed by atoms with E-state index >= 15 is 0 Å². The molecule has 3 aromatic heterocycles. The van der Waals surface area contributed by atoms with E-state index in [0.29, 0.717) is 13.1 Å². The van der Waals surface area contributed by atoms with Gasteiger partial charge in [-0.15, -0.1) is 10.2 Å². The van der Waals surface area contributed by atoms with Gasteiger partial charge < -0.3 is 9.64 Å². The Morgan fingerprint density at radius 3 is 2.76 bits per heavy atom. The first-order chi connectivity index (χ1) is 16.2. The molecule has 1 aromatic carbocycles. The Bertz CT molecular complexity index is 1320. The SMILES string of the molecule is O=C(c1ccc(=O)n(CCOc2ccccc2)n1)N1CCCC(c2nnc3ccccn23)C1. The second-order valence-corrected chi connectivity index (χ2v) is 8.02. The number of carbonyl (C=O) groups is 1. The summed E-state index contributed by atoms with van der Waals surface area (Å²) in [5, 5.41) is 12.9. The van der Waals surface area contributed by atoms with Crippen molar-refractivity contribution in [3.63, 3.8) is 0 Å². The number of aromatic nitrogens is 5. The predicted octanol–water partition coefficient (Wildman–Crippen LogP) is 2.38. The lowest BCUT2D eigenvalue weighted by Crippen LogP contribution is -2.40. The van der Waals surface area contributed by atoms with Gasteiger partial charge in [-0.05, 0) is 43.2 Å². The second-order valence-electron chi connectivity index (χ2n) is 8.02. The van der Waals surface area contributed by atoms with Crippen molar-refractivity contribution in [3.8, 4) is 5.75 Å². The molecule has 33 heavy (non-hydrogen) atoms. The number of likely N-dealkylation sites (tertiary alicyclic amines) is 1. The summed E-state index contributed by atoms with van der Waals surface area (Å²) in [4.78, 5) is 27.2. The largest absolute Gasteiger partial charge is 0.492 e. The maximum atomic E-state index is 13.2. The first-order valence-corrected chi connectivity index (χ1v) is 11.0. The summed E-state index contributed by atoms with van der Waals surface area (Å²) in [5.41, 5.74) is 0.776. The topological polar surface area (TPSA) is 94.6 Å². The van der Waals surface area contributed by atoms with Crippen molar-refractivity contribution in [2.75, 3.05) is 19.7 Å². The molecule has 4 aromatic rings. The molecule has 0 N–H and O–H groups in total. The fourth-order valence-electron chi connectivity index (χ4n) is 4.16. The van der Waals surface area contributed by atoms with Crippen molar-refractivity contribution in [3.05, 3.63) is 88.7 Å². The number of benzene rings is 1. The van der Waals surface area contributed by atoms with Crippen LogP contribution in [0.15, 0.2) is 71.7 Å². The third kappa shape index (κ3) is 4.48. The molecule has 1 saturated heterocycles. The van der Waals surface area contributed by atoms with Crippen molar-refractivity contribution in [1.29, 1.82) is 0 Å². The van der Waals surface area contributed by atoms with Crippen molar-refractivity contribution in [2.45, 2.75) is 25.3 Å². The van der Waals surface area contributed by atoms with Crippen LogP contribution < -0.4 is 10.3 Å². The minimum absolute atomic E-state index is 0.0882. The summed E-state index contributed by atoms with van der Waals surface area (Å²) < 4.78 is 8.92. The van der Waals surface area contributed by atoms with Crippen molar-refractivity contribution in [1.82, 2.24) is 29.3 Å². The van der Waals surface area contributed by atoms with Crippen LogP contribution in [0.5, 0.6) is 5.75 Å².